The van der Waals surface area contributed by atoms with Gasteiger partial charge in [-0.25, -0.2) is 0 Å². The maximum absolute atomic E-state index is 12.2. The first-order chi connectivity index (χ1) is 21.4. The number of carbonyl (C=O) groups excluding carboxylic acids is 2. The Balaban J connectivity index is 0.000000175. The maximum atomic E-state index is 12.2. The number of amides is 2. The number of aromatic nitrogens is 2. The zero-order chi connectivity index (χ0) is 30.9. The van der Waals surface area contributed by atoms with Gasteiger partial charge in [-0.2, -0.15) is 10.5 Å². The van der Waals surface area contributed by atoms with Crippen LogP contribution < -0.4 is 15.4 Å². The van der Waals surface area contributed by atoms with Crippen LogP contribution in [0.1, 0.15) is 12.8 Å². The van der Waals surface area contributed by atoms with Crippen molar-refractivity contribution in [1.82, 2.24) is 20.1 Å². The first kappa shape index (κ1) is 29.7. The number of hydrogen-bond acceptors (Lipinski definition) is 11. The lowest BCUT2D eigenvalue weighted by atomic mass is 10.1. The molecule has 2 saturated heterocycles. The van der Waals surface area contributed by atoms with E-state index in [4.69, 9.17) is 24.3 Å². The van der Waals surface area contributed by atoms with E-state index >= 15 is 0 Å². The topological polar surface area (TPSA) is 174 Å². The number of hydrogen-bond donors (Lipinski definition) is 2. The fourth-order valence-electron chi connectivity index (χ4n) is 4.89. The standard InChI is InChI=1S/C16H16N4O3.C15H14N4O2/c1-22-13-4-2-11(3-5-13)14-8-15(23-19-14)18-16(21)12-6-7-20(9-12)10-17;16-10-19-7-6-12(9-19)15(20)17-14-8-13(21-18-14)11-4-2-1-3-5-11/h2-5,8,12H,6-7,9H2,1H3,(H,18,21);1-5,8,12H,6-7,9H2,(H,17,18,20). The van der Waals surface area contributed by atoms with Crippen LogP contribution in [0.5, 0.6) is 5.75 Å². The SMILES string of the molecule is COc1ccc(-c2cc(NC(=O)C3CCN(C#N)C3)on2)cc1.N#CN1CCC(C(=O)Nc2cc(-c3ccccc3)on2)C1. The molecule has 2 aromatic heterocycles. The minimum Gasteiger partial charge on any atom is -0.497 e. The Morgan fingerprint density at radius 3 is 2.07 bits per heavy atom. The van der Waals surface area contributed by atoms with E-state index in [0.717, 1.165) is 16.9 Å². The van der Waals surface area contributed by atoms with Gasteiger partial charge >= 0.3 is 0 Å². The average Bonchev–Trinajstić information content (AvgIpc) is 3.89. The number of nitrogens with one attached hydrogen (secondary N) is 2. The van der Waals surface area contributed by atoms with Crippen molar-refractivity contribution in [2.75, 3.05) is 43.9 Å². The first-order valence-electron chi connectivity index (χ1n) is 14.0. The van der Waals surface area contributed by atoms with Crippen LogP contribution in [-0.2, 0) is 9.59 Å². The van der Waals surface area contributed by atoms with Crippen LogP contribution in [0.15, 0.2) is 75.8 Å². The number of ether oxygens (including phenoxy) is 1. The molecule has 4 aromatic rings. The summed E-state index contributed by atoms with van der Waals surface area (Å²) in [6, 6.07) is 20.3. The molecule has 44 heavy (non-hydrogen) atoms. The van der Waals surface area contributed by atoms with Crippen molar-refractivity contribution in [1.29, 1.82) is 10.5 Å². The molecule has 2 amide bonds. The number of nitrogens with zero attached hydrogens (tertiary/aromatic N) is 6. The monoisotopic (exact) mass is 594 g/mol. The van der Waals surface area contributed by atoms with E-state index < -0.39 is 0 Å². The van der Waals surface area contributed by atoms with E-state index in [0.29, 0.717) is 62.2 Å². The molecule has 2 aliphatic heterocycles. The van der Waals surface area contributed by atoms with Crippen molar-refractivity contribution in [2.24, 2.45) is 11.8 Å². The van der Waals surface area contributed by atoms with Gasteiger partial charge in [0.1, 0.15) is 11.4 Å². The summed E-state index contributed by atoms with van der Waals surface area (Å²) in [5.41, 5.74) is 2.40. The summed E-state index contributed by atoms with van der Waals surface area (Å²) >= 11 is 0. The van der Waals surface area contributed by atoms with Crippen molar-refractivity contribution in [2.45, 2.75) is 12.8 Å². The number of carbonyl (C=O) groups is 2. The largest absolute Gasteiger partial charge is 0.497 e. The Hall–Kier alpha value is -5.82. The van der Waals surface area contributed by atoms with Gasteiger partial charge < -0.3 is 28.9 Å². The Morgan fingerprint density at radius 2 is 1.48 bits per heavy atom. The van der Waals surface area contributed by atoms with Crippen LogP contribution in [0.25, 0.3) is 22.6 Å². The molecule has 224 valence electrons. The van der Waals surface area contributed by atoms with Crippen LogP contribution in [-0.4, -0.2) is 65.2 Å². The van der Waals surface area contributed by atoms with Gasteiger partial charge in [-0.05, 0) is 37.1 Å². The third-order valence-electron chi connectivity index (χ3n) is 7.36. The molecule has 2 aliphatic rings. The summed E-state index contributed by atoms with van der Waals surface area (Å²) in [6.45, 7) is 2.15. The van der Waals surface area contributed by atoms with Gasteiger partial charge in [0, 0.05) is 49.4 Å². The van der Waals surface area contributed by atoms with Gasteiger partial charge in [0.15, 0.2) is 24.0 Å². The highest BCUT2D eigenvalue weighted by atomic mass is 16.5. The van der Waals surface area contributed by atoms with E-state index in [1.54, 1.807) is 29.0 Å². The van der Waals surface area contributed by atoms with Gasteiger partial charge in [-0.3, -0.25) is 14.9 Å². The second-order valence-electron chi connectivity index (χ2n) is 10.3. The number of rotatable bonds is 7. The molecule has 2 atom stereocenters. The Kier molecular flexibility index (Phi) is 9.37. The van der Waals surface area contributed by atoms with Crippen LogP contribution in [0, 0.1) is 34.7 Å². The zero-order valence-electron chi connectivity index (χ0n) is 24.0. The third kappa shape index (κ3) is 7.33. The molecule has 13 nitrogen and oxygen atoms in total. The van der Waals surface area contributed by atoms with Gasteiger partial charge in [0.2, 0.25) is 17.7 Å². The van der Waals surface area contributed by atoms with Gasteiger partial charge in [0.25, 0.3) is 0 Å². The number of likely N-dealkylation sites (tertiary alicyclic amines) is 2. The summed E-state index contributed by atoms with van der Waals surface area (Å²) in [6.07, 6.45) is 5.46. The fraction of sp³-hybridized carbons (Fsp3) is 0.290. The number of benzene rings is 2. The Bertz CT molecular complexity index is 1650. The molecule has 2 fully saturated rings. The van der Waals surface area contributed by atoms with Crippen LogP contribution in [0.2, 0.25) is 0 Å². The Labute approximate surface area is 253 Å². The second kappa shape index (κ2) is 13.9. The second-order valence-corrected chi connectivity index (χ2v) is 10.3. The van der Waals surface area contributed by atoms with Crippen molar-refractivity contribution < 1.29 is 23.4 Å². The molecular formula is C31H30N8O5. The van der Waals surface area contributed by atoms with Crippen molar-refractivity contribution in [3.05, 3.63) is 66.7 Å². The average molecular weight is 595 g/mol. The molecule has 0 saturated carbocycles. The van der Waals surface area contributed by atoms with E-state index in [2.05, 4.69) is 33.3 Å². The predicted molar refractivity (Wildman–Crippen MR) is 158 cm³/mol. The minimum atomic E-state index is -0.204. The van der Waals surface area contributed by atoms with Crippen LogP contribution in [0.3, 0.4) is 0 Å². The Morgan fingerprint density at radius 1 is 0.841 bits per heavy atom. The number of nitriles is 2. The molecule has 2 aromatic carbocycles. The van der Waals surface area contributed by atoms with E-state index in [1.165, 1.54) is 0 Å². The van der Waals surface area contributed by atoms with Gasteiger partial charge in [-0.15, -0.1) is 0 Å². The first-order valence-corrected chi connectivity index (χ1v) is 14.0. The van der Waals surface area contributed by atoms with Crippen molar-refractivity contribution in [3.63, 3.8) is 0 Å². The highest BCUT2D eigenvalue weighted by Gasteiger charge is 2.29. The molecule has 0 spiro atoms. The lowest BCUT2D eigenvalue weighted by molar-refractivity contribution is -0.120. The quantitative estimate of drug-likeness (QED) is 0.294. The summed E-state index contributed by atoms with van der Waals surface area (Å²) in [5, 5.41) is 30.9. The molecule has 0 aliphatic carbocycles. The molecule has 0 bridgehead atoms. The molecule has 6 rings (SSSR count). The summed E-state index contributed by atoms with van der Waals surface area (Å²) in [7, 11) is 1.61. The summed E-state index contributed by atoms with van der Waals surface area (Å²) in [5.74, 6) is 1.40. The molecule has 2 unspecified atom stereocenters. The van der Waals surface area contributed by atoms with E-state index in [9.17, 15) is 9.59 Å². The molecule has 2 N–H and O–H groups in total. The summed E-state index contributed by atoms with van der Waals surface area (Å²) in [4.78, 5) is 27.4. The zero-order valence-corrected chi connectivity index (χ0v) is 24.0. The smallest absolute Gasteiger partial charge is 0.231 e. The third-order valence-corrected chi connectivity index (χ3v) is 7.36. The number of methoxy groups -OCH3 is 1. The summed E-state index contributed by atoms with van der Waals surface area (Å²) < 4.78 is 15.5. The highest BCUT2D eigenvalue weighted by molar-refractivity contribution is 5.93. The lowest BCUT2D eigenvalue weighted by Gasteiger charge is -2.08. The van der Waals surface area contributed by atoms with Crippen LogP contribution >= 0.6 is 0 Å². The highest BCUT2D eigenvalue weighted by Crippen LogP contribution is 2.26. The maximum Gasteiger partial charge on any atom is 0.231 e. The number of anilines is 2. The van der Waals surface area contributed by atoms with Crippen molar-refractivity contribution in [3.8, 4) is 40.7 Å². The molecule has 13 heteroatoms. The van der Waals surface area contributed by atoms with E-state index in [-0.39, 0.29) is 23.7 Å². The van der Waals surface area contributed by atoms with Gasteiger partial charge in [-0.1, -0.05) is 40.6 Å². The minimum absolute atomic E-state index is 0.124. The van der Waals surface area contributed by atoms with Gasteiger partial charge in [0.05, 0.1) is 18.9 Å². The van der Waals surface area contributed by atoms with E-state index in [1.807, 2.05) is 54.6 Å². The molecular weight excluding hydrogens is 564 g/mol. The predicted octanol–water partition coefficient (Wildman–Crippen LogP) is 4.17. The fourth-order valence-corrected chi connectivity index (χ4v) is 4.89. The van der Waals surface area contributed by atoms with Crippen LogP contribution in [0.4, 0.5) is 11.7 Å². The molecule has 0 radical (unpaired) electrons. The lowest BCUT2D eigenvalue weighted by Crippen LogP contribution is -2.25. The normalized spacial score (nSPS) is 17.2. The molecule has 4 heterocycles. The van der Waals surface area contributed by atoms with Crippen molar-refractivity contribution >= 4 is 23.5 Å².